The monoisotopic (exact) mass is 233 g/mol. The van der Waals surface area contributed by atoms with Crippen molar-refractivity contribution < 1.29 is 9.34 Å². The van der Waals surface area contributed by atoms with Crippen LogP contribution in [-0.4, -0.2) is 4.92 Å². The van der Waals surface area contributed by atoms with E-state index >= 15 is 0 Å². The van der Waals surface area contributed by atoms with Crippen molar-refractivity contribution >= 4 is 5.69 Å². The van der Waals surface area contributed by atoms with E-state index in [4.69, 9.17) is 4.42 Å². The Morgan fingerprint density at radius 1 is 1.24 bits per heavy atom. The fourth-order valence-corrected chi connectivity index (χ4v) is 1.46. The van der Waals surface area contributed by atoms with Crippen molar-refractivity contribution in [3.63, 3.8) is 0 Å². The van der Waals surface area contributed by atoms with Gasteiger partial charge in [-0.3, -0.25) is 10.1 Å². The van der Waals surface area contributed by atoms with Gasteiger partial charge in [0.1, 0.15) is 5.76 Å². The van der Waals surface area contributed by atoms with Crippen LogP contribution < -0.4 is 0 Å². The van der Waals surface area contributed by atoms with Crippen molar-refractivity contribution in [3.05, 3.63) is 52.3 Å². The molecule has 0 saturated heterocycles. The van der Waals surface area contributed by atoms with E-state index in [9.17, 15) is 10.1 Å². The fourth-order valence-electron chi connectivity index (χ4n) is 1.46. The Morgan fingerprint density at radius 2 is 1.94 bits per heavy atom. The second kappa shape index (κ2) is 5.84. The predicted octanol–water partition coefficient (Wildman–Crippen LogP) is 4.19. The Hall–Kier alpha value is -2.10. The minimum absolute atomic E-state index is 0.130. The van der Waals surface area contributed by atoms with Crippen LogP contribution in [0.2, 0.25) is 0 Å². The first kappa shape index (κ1) is 13.0. The van der Waals surface area contributed by atoms with Crippen LogP contribution in [-0.2, 0) is 0 Å². The zero-order valence-corrected chi connectivity index (χ0v) is 10.1. The van der Waals surface area contributed by atoms with Crippen LogP contribution in [0.3, 0.4) is 0 Å². The number of nitro benzene ring substituents is 1. The third-order valence-electron chi connectivity index (χ3n) is 2.20. The molecule has 4 heteroatoms. The summed E-state index contributed by atoms with van der Waals surface area (Å²) in [5.41, 5.74) is 1.61. The van der Waals surface area contributed by atoms with E-state index in [-0.39, 0.29) is 10.6 Å². The Bertz CT molecular complexity index is 489. The zero-order valence-electron chi connectivity index (χ0n) is 10.1. The molecule has 0 atom stereocenters. The van der Waals surface area contributed by atoms with Crippen molar-refractivity contribution in [1.29, 1.82) is 0 Å². The summed E-state index contributed by atoms with van der Waals surface area (Å²) in [5, 5.41) is 10.6. The second-order valence-electron chi connectivity index (χ2n) is 3.24. The highest BCUT2D eigenvalue weighted by Gasteiger charge is 2.11. The van der Waals surface area contributed by atoms with E-state index in [0.29, 0.717) is 11.3 Å². The largest absolute Gasteiger partial charge is 0.464 e. The van der Waals surface area contributed by atoms with Gasteiger partial charge in [-0.1, -0.05) is 13.8 Å². The highest BCUT2D eigenvalue weighted by molar-refractivity contribution is 5.61. The SMILES string of the molecule is CC.Cc1cc(-c2ccco2)ccc1[N+](=O)[O-]. The van der Waals surface area contributed by atoms with Crippen LogP contribution in [0.15, 0.2) is 41.0 Å². The molecule has 0 saturated carbocycles. The summed E-state index contributed by atoms with van der Waals surface area (Å²) in [5.74, 6) is 0.716. The van der Waals surface area contributed by atoms with Crippen LogP contribution >= 0.6 is 0 Å². The van der Waals surface area contributed by atoms with Gasteiger partial charge in [0.15, 0.2) is 0 Å². The maximum absolute atomic E-state index is 10.6. The molecule has 0 bridgehead atoms. The van der Waals surface area contributed by atoms with Crippen LogP contribution in [0, 0.1) is 17.0 Å². The van der Waals surface area contributed by atoms with Crippen molar-refractivity contribution in [2.75, 3.05) is 0 Å². The van der Waals surface area contributed by atoms with E-state index in [1.54, 1.807) is 31.4 Å². The van der Waals surface area contributed by atoms with E-state index in [1.165, 1.54) is 6.07 Å². The van der Waals surface area contributed by atoms with E-state index in [1.807, 2.05) is 19.9 Å². The quantitative estimate of drug-likeness (QED) is 0.577. The molecule has 0 unspecified atom stereocenters. The molecule has 1 aromatic carbocycles. The molecule has 0 spiro atoms. The first-order valence-electron chi connectivity index (χ1n) is 5.47. The number of hydrogen-bond donors (Lipinski definition) is 0. The zero-order chi connectivity index (χ0) is 12.8. The second-order valence-corrected chi connectivity index (χ2v) is 3.24. The molecule has 2 rings (SSSR count). The van der Waals surface area contributed by atoms with Crippen LogP contribution in [0.1, 0.15) is 19.4 Å². The number of aryl methyl sites for hydroxylation is 1. The maximum Gasteiger partial charge on any atom is 0.272 e. The molecular formula is C13H15NO3. The summed E-state index contributed by atoms with van der Waals surface area (Å²) in [6.07, 6.45) is 1.58. The number of nitrogens with zero attached hydrogens (tertiary/aromatic N) is 1. The first-order chi connectivity index (χ1) is 8.18. The maximum atomic E-state index is 10.6. The summed E-state index contributed by atoms with van der Waals surface area (Å²) in [4.78, 5) is 10.2. The summed E-state index contributed by atoms with van der Waals surface area (Å²) in [6.45, 7) is 5.71. The van der Waals surface area contributed by atoms with Gasteiger partial charge in [-0.05, 0) is 31.2 Å². The molecule has 2 aromatic rings. The third-order valence-corrected chi connectivity index (χ3v) is 2.20. The summed E-state index contributed by atoms with van der Waals surface area (Å²) in [6, 6.07) is 8.53. The number of hydrogen-bond acceptors (Lipinski definition) is 3. The molecule has 0 fully saturated rings. The van der Waals surface area contributed by atoms with Crippen molar-refractivity contribution in [1.82, 2.24) is 0 Å². The number of furan rings is 1. The average Bonchev–Trinajstić information content (AvgIpc) is 2.84. The van der Waals surface area contributed by atoms with Crippen LogP contribution in [0.25, 0.3) is 11.3 Å². The third kappa shape index (κ3) is 2.93. The molecular weight excluding hydrogens is 218 g/mol. The molecule has 1 heterocycles. The van der Waals surface area contributed by atoms with Crippen molar-refractivity contribution in [2.24, 2.45) is 0 Å². The average molecular weight is 233 g/mol. The van der Waals surface area contributed by atoms with Gasteiger partial charge < -0.3 is 4.42 Å². The van der Waals surface area contributed by atoms with Crippen LogP contribution in [0.4, 0.5) is 5.69 Å². The van der Waals surface area contributed by atoms with Crippen LogP contribution in [0.5, 0.6) is 0 Å². The normalized spacial score (nSPS) is 9.35. The van der Waals surface area contributed by atoms with Gasteiger partial charge in [-0.25, -0.2) is 0 Å². The topological polar surface area (TPSA) is 56.3 Å². The summed E-state index contributed by atoms with van der Waals surface area (Å²) in [7, 11) is 0. The van der Waals surface area contributed by atoms with Gasteiger partial charge in [0.05, 0.1) is 11.2 Å². The van der Waals surface area contributed by atoms with Gasteiger partial charge in [0, 0.05) is 17.2 Å². The lowest BCUT2D eigenvalue weighted by atomic mass is 10.1. The van der Waals surface area contributed by atoms with Crippen molar-refractivity contribution in [2.45, 2.75) is 20.8 Å². The number of rotatable bonds is 2. The van der Waals surface area contributed by atoms with E-state index in [2.05, 4.69) is 0 Å². The van der Waals surface area contributed by atoms with Gasteiger partial charge in [-0.2, -0.15) is 0 Å². The number of benzene rings is 1. The Balaban J connectivity index is 0.000000686. The molecule has 90 valence electrons. The molecule has 0 amide bonds. The standard InChI is InChI=1S/C11H9NO3.C2H6/c1-8-7-9(11-3-2-6-15-11)4-5-10(8)12(13)14;1-2/h2-7H,1H3;1-2H3. The molecule has 17 heavy (non-hydrogen) atoms. The lowest BCUT2D eigenvalue weighted by Crippen LogP contribution is -1.91. The van der Waals surface area contributed by atoms with E-state index in [0.717, 1.165) is 5.56 Å². The molecule has 0 aliphatic heterocycles. The smallest absolute Gasteiger partial charge is 0.272 e. The highest BCUT2D eigenvalue weighted by atomic mass is 16.6. The fraction of sp³-hybridized carbons (Fsp3) is 0.231. The summed E-state index contributed by atoms with van der Waals surface area (Å²) < 4.78 is 5.21. The molecule has 4 nitrogen and oxygen atoms in total. The lowest BCUT2D eigenvalue weighted by molar-refractivity contribution is -0.385. The Labute approximate surface area is 100 Å². The molecule has 0 aliphatic carbocycles. The first-order valence-corrected chi connectivity index (χ1v) is 5.47. The highest BCUT2D eigenvalue weighted by Crippen LogP contribution is 2.25. The van der Waals surface area contributed by atoms with Gasteiger partial charge in [-0.15, -0.1) is 0 Å². The van der Waals surface area contributed by atoms with E-state index < -0.39 is 0 Å². The minimum atomic E-state index is -0.388. The molecule has 0 N–H and O–H groups in total. The molecule has 0 radical (unpaired) electrons. The van der Waals surface area contributed by atoms with Gasteiger partial charge >= 0.3 is 0 Å². The molecule has 1 aromatic heterocycles. The van der Waals surface area contributed by atoms with Gasteiger partial charge in [0.25, 0.3) is 5.69 Å². The predicted molar refractivity (Wildman–Crippen MR) is 66.9 cm³/mol. The summed E-state index contributed by atoms with van der Waals surface area (Å²) >= 11 is 0. The number of nitro groups is 1. The lowest BCUT2D eigenvalue weighted by Gasteiger charge is -2.00. The Kier molecular flexibility index (Phi) is 4.46. The molecule has 0 aliphatic rings. The minimum Gasteiger partial charge on any atom is -0.464 e. The Morgan fingerprint density at radius 3 is 2.41 bits per heavy atom. The van der Waals surface area contributed by atoms with Crippen molar-refractivity contribution in [3.8, 4) is 11.3 Å². The van der Waals surface area contributed by atoms with Gasteiger partial charge in [0.2, 0.25) is 0 Å².